The maximum atomic E-state index is 12.1. The molecule has 0 aromatic heterocycles. The summed E-state index contributed by atoms with van der Waals surface area (Å²) in [5, 5.41) is 9.95. The molecule has 1 heterocycles. The molecule has 2 aromatic carbocycles. The van der Waals surface area contributed by atoms with Gasteiger partial charge in [0.25, 0.3) is 0 Å². The van der Waals surface area contributed by atoms with Gasteiger partial charge in [-0.2, -0.15) is 0 Å². The van der Waals surface area contributed by atoms with E-state index in [-0.39, 0.29) is 23.8 Å². The van der Waals surface area contributed by atoms with E-state index in [4.69, 9.17) is 21.0 Å². The van der Waals surface area contributed by atoms with Crippen molar-refractivity contribution in [2.75, 3.05) is 6.61 Å². The van der Waals surface area contributed by atoms with E-state index in [1.165, 1.54) is 6.07 Å². The number of halogens is 1. The van der Waals surface area contributed by atoms with Gasteiger partial charge in [-0.3, -0.25) is 0 Å². The summed E-state index contributed by atoms with van der Waals surface area (Å²) in [7, 11) is -1.04. The quantitative estimate of drug-likeness (QED) is 0.519. The van der Waals surface area contributed by atoms with Gasteiger partial charge in [-0.25, -0.2) is 4.79 Å². The van der Waals surface area contributed by atoms with Crippen molar-refractivity contribution < 1.29 is 19.2 Å². The van der Waals surface area contributed by atoms with E-state index >= 15 is 0 Å². The first-order valence-electron chi connectivity index (χ1n) is 6.98. The molecule has 0 radical (unpaired) electrons. The molecule has 0 saturated carbocycles. The number of benzene rings is 2. The van der Waals surface area contributed by atoms with Gasteiger partial charge in [-0.15, -0.1) is 0 Å². The Morgan fingerprint density at radius 1 is 1.35 bits per heavy atom. The van der Waals surface area contributed by atoms with Crippen molar-refractivity contribution in [2.24, 2.45) is 0 Å². The Kier molecular flexibility index (Phi) is 4.68. The summed E-state index contributed by atoms with van der Waals surface area (Å²) in [5.41, 5.74) is 2.34. The molecule has 0 amide bonds. The molecular weight excluding hydrogens is 314 g/mol. The first-order valence-corrected chi connectivity index (χ1v) is 7.36. The summed E-state index contributed by atoms with van der Waals surface area (Å²) in [6.45, 7) is 0.230. The molecule has 0 unspecified atom stereocenters. The monoisotopic (exact) mass is 326 g/mol. The second-order valence-electron chi connectivity index (χ2n) is 4.94. The minimum atomic E-state index is -1.04. The summed E-state index contributed by atoms with van der Waals surface area (Å²) in [6.07, 6.45) is 0. The summed E-state index contributed by atoms with van der Waals surface area (Å²) in [4.78, 5) is 12.1. The third kappa shape index (κ3) is 3.57. The Labute approximate surface area is 139 Å². The molecule has 6 heteroatoms. The third-order valence-corrected chi connectivity index (χ3v) is 3.71. The van der Waals surface area contributed by atoms with Crippen LogP contribution in [-0.4, -0.2) is 24.7 Å². The molecule has 1 N–H and O–H groups in total. The fourth-order valence-electron chi connectivity index (χ4n) is 2.24. The Hall–Kier alpha value is -2.26. The van der Waals surface area contributed by atoms with Gasteiger partial charge in [0, 0.05) is 5.56 Å². The van der Waals surface area contributed by atoms with Gasteiger partial charge in [-0.05, 0) is 35.3 Å². The lowest BCUT2D eigenvalue weighted by Crippen LogP contribution is -2.29. The van der Waals surface area contributed by atoms with Gasteiger partial charge in [0.2, 0.25) is 0 Å². The standard InChI is InChI=1S/C17H12BClO4/c19-16-9-13-11-23-18(21)15(13)10-14(16)17(20)22-8-4-7-12-5-2-1-3-6-12/h1-3,5-6,9-10,21H,8,11H2. The maximum absolute atomic E-state index is 12.1. The molecular formula is C17H12BClO4. The van der Waals surface area contributed by atoms with E-state index in [0.29, 0.717) is 5.46 Å². The maximum Gasteiger partial charge on any atom is 0.491 e. The number of carbonyl (C=O) groups excluding carboxylic acids is 1. The molecule has 0 saturated heterocycles. The van der Waals surface area contributed by atoms with Crippen molar-refractivity contribution in [1.29, 1.82) is 0 Å². The Bertz CT molecular complexity index is 795. The number of rotatable bonds is 2. The van der Waals surface area contributed by atoms with E-state index in [1.54, 1.807) is 6.07 Å². The van der Waals surface area contributed by atoms with Crippen LogP contribution in [0.25, 0.3) is 0 Å². The van der Waals surface area contributed by atoms with Gasteiger partial charge in [0.05, 0.1) is 17.2 Å². The Balaban J connectivity index is 1.67. The summed E-state index contributed by atoms with van der Waals surface area (Å²) in [6, 6.07) is 12.5. The van der Waals surface area contributed by atoms with Crippen LogP contribution in [0.1, 0.15) is 21.5 Å². The first-order chi connectivity index (χ1) is 11.1. The average Bonchev–Trinajstić information content (AvgIpc) is 2.92. The predicted octanol–water partition coefficient (Wildman–Crippen LogP) is 1.77. The molecule has 1 aliphatic heterocycles. The van der Waals surface area contributed by atoms with Crippen LogP contribution >= 0.6 is 11.6 Å². The minimum absolute atomic E-state index is 0.0415. The van der Waals surface area contributed by atoms with E-state index in [0.717, 1.165) is 11.1 Å². The number of hydrogen-bond donors (Lipinski definition) is 1. The van der Waals surface area contributed by atoms with Gasteiger partial charge < -0.3 is 14.4 Å². The van der Waals surface area contributed by atoms with E-state index in [9.17, 15) is 9.82 Å². The van der Waals surface area contributed by atoms with Crippen LogP contribution in [0.2, 0.25) is 5.02 Å². The van der Waals surface area contributed by atoms with Gasteiger partial charge >= 0.3 is 13.1 Å². The summed E-state index contributed by atoms with van der Waals surface area (Å²) >= 11 is 6.09. The molecule has 114 valence electrons. The highest BCUT2D eigenvalue weighted by molar-refractivity contribution is 6.61. The lowest BCUT2D eigenvalue weighted by Gasteiger charge is -2.06. The number of hydrogen-bond acceptors (Lipinski definition) is 4. The van der Waals surface area contributed by atoms with E-state index in [2.05, 4.69) is 11.8 Å². The fraction of sp³-hybridized carbons (Fsp3) is 0.118. The molecule has 0 aliphatic carbocycles. The topological polar surface area (TPSA) is 55.8 Å². The lowest BCUT2D eigenvalue weighted by molar-refractivity contribution is 0.0557. The van der Waals surface area contributed by atoms with Crippen molar-refractivity contribution in [2.45, 2.75) is 6.61 Å². The third-order valence-electron chi connectivity index (χ3n) is 3.39. The SMILES string of the molecule is O=C(OCC#Cc1ccccc1)c1cc2c(cc1Cl)COB2O. The van der Waals surface area contributed by atoms with Crippen molar-refractivity contribution in [3.05, 3.63) is 64.2 Å². The number of carbonyl (C=O) groups is 1. The van der Waals surface area contributed by atoms with Crippen LogP contribution in [-0.2, 0) is 16.0 Å². The Morgan fingerprint density at radius 3 is 2.91 bits per heavy atom. The molecule has 0 fully saturated rings. The van der Waals surface area contributed by atoms with Crippen LogP contribution in [0, 0.1) is 11.8 Å². The summed E-state index contributed by atoms with van der Waals surface area (Å²) < 4.78 is 10.2. The van der Waals surface area contributed by atoms with Crippen LogP contribution in [0.5, 0.6) is 0 Å². The fourth-order valence-corrected chi connectivity index (χ4v) is 2.50. The van der Waals surface area contributed by atoms with Crippen LogP contribution in [0.4, 0.5) is 0 Å². The number of ether oxygens (including phenoxy) is 1. The van der Waals surface area contributed by atoms with Crippen LogP contribution < -0.4 is 5.46 Å². The smallest absolute Gasteiger partial charge is 0.449 e. The molecule has 0 bridgehead atoms. The molecule has 0 spiro atoms. The van der Waals surface area contributed by atoms with Crippen LogP contribution in [0.3, 0.4) is 0 Å². The first kappa shape index (κ1) is 15.6. The second-order valence-corrected chi connectivity index (χ2v) is 5.35. The average molecular weight is 327 g/mol. The molecule has 0 atom stereocenters. The van der Waals surface area contributed by atoms with Crippen molar-refractivity contribution >= 4 is 30.2 Å². The van der Waals surface area contributed by atoms with Crippen molar-refractivity contribution in [3.63, 3.8) is 0 Å². The lowest BCUT2D eigenvalue weighted by atomic mass is 9.79. The van der Waals surface area contributed by atoms with E-state index < -0.39 is 13.1 Å². The van der Waals surface area contributed by atoms with E-state index in [1.807, 2.05) is 30.3 Å². The highest BCUT2D eigenvalue weighted by Crippen LogP contribution is 2.21. The largest absolute Gasteiger partial charge is 0.491 e. The highest BCUT2D eigenvalue weighted by atomic mass is 35.5. The molecule has 1 aliphatic rings. The highest BCUT2D eigenvalue weighted by Gasteiger charge is 2.29. The molecule has 4 nitrogen and oxygen atoms in total. The number of esters is 1. The summed E-state index contributed by atoms with van der Waals surface area (Å²) in [5.74, 6) is 5.08. The normalized spacial score (nSPS) is 12.3. The van der Waals surface area contributed by atoms with Gasteiger partial charge in [0.15, 0.2) is 6.61 Å². The predicted molar refractivity (Wildman–Crippen MR) is 87.5 cm³/mol. The zero-order valence-electron chi connectivity index (χ0n) is 12.1. The molecule has 23 heavy (non-hydrogen) atoms. The van der Waals surface area contributed by atoms with Gasteiger partial charge in [0.1, 0.15) is 0 Å². The zero-order chi connectivity index (χ0) is 16.2. The zero-order valence-corrected chi connectivity index (χ0v) is 12.8. The van der Waals surface area contributed by atoms with Crippen LogP contribution in [0.15, 0.2) is 42.5 Å². The molecule has 2 aromatic rings. The minimum Gasteiger partial charge on any atom is -0.449 e. The van der Waals surface area contributed by atoms with Crippen molar-refractivity contribution in [1.82, 2.24) is 0 Å². The molecule has 3 rings (SSSR count). The van der Waals surface area contributed by atoms with Crippen molar-refractivity contribution in [3.8, 4) is 11.8 Å². The Morgan fingerprint density at radius 2 is 2.13 bits per heavy atom. The number of fused-ring (bicyclic) bond motifs is 1. The van der Waals surface area contributed by atoms with Gasteiger partial charge in [-0.1, -0.05) is 41.6 Å². The second kappa shape index (κ2) is 6.88.